The molecule has 6 aromatic carbocycles. The van der Waals surface area contributed by atoms with Crippen LogP contribution in [0.1, 0.15) is 178 Å². The van der Waals surface area contributed by atoms with Crippen molar-refractivity contribution < 1.29 is 51.0 Å². The van der Waals surface area contributed by atoms with E-state index in [0.717, 1.165) is 12.8 Å². The molecule has 2 aliphatic carbocycles. The number of hydrogen-bond acceptors (Lipinski definition) is 0. The molecule has 0 heterocycles. The molecule has 0 spiro atoms. The maximum absolute atomic E-state index is 2.45. The fraction of sp³-hybridized carbons (Fsp3) is 0.414. The van der Waals surface area contributed by atoms with Crippen molar-refractivity contribution in [3.8, 4) is 22.3 Å². The van der Waals surface area contributed by atoms with E-state index >= 15 is 0 Å². The van der Waals surface area contributed by atoms with Crippen molar-refractivity contribution in [1.29, 1.82) is 0 Å². The van der Waals surface area contributed by atoms with Crippen molar-refractivity contribution in [1.82, 2.24) is 0 Å². The zero-order valence-electron chi connectivity index (χ0n) is 40.1. The molecule has 6 aromatic rings. The molecular formula is C58H70Cl2Zr. The van der Waals surface area contributed by atoms with Gasteiger partial charge in [0.15, 0.2) is 0 Å². The zero-order chi connectivity index (χ0) is 42.4. The summed E-state index contributed by atoms with van der Waals surface area (Å²) in [5, 5.41) is 0. The summed E-state index contributed by atoms with van der Waals surface area (Å²) in [7, 11) is 0. The maximum atomic E-state index is 2.45. The molecule has 0 saturated heterocycles. The predicted octanol–water partition coefficient (Wildman–Crippen LogP) is 9.80. The van der Waals surface area contributed by atoms with Crippen molar-refractivity contribution >= 4 is 0 Å². The Morgan fingerprint density at radius 1 is 0.377 bits per heavy atom. The fourth-order valence-electron chi connectivity index (χ4n) is 10.0. The van der Waals surface area contributed by atoms with Gasteiger partial charge >= 0.3 is 26.2 Å². The maximum Gasteiger partial charge on any atom is 4.00 e. The Kier molecular flexibility index (Phi) is 14.6. The summed E-state index contributed by atoms with van der Waals surface area (Å²) in [5.41, 5.74) is 24.0. The van der Waals surface area contributed by atoms with Gasteiger partial charge in [0.05, 0.1) is 0 Å². The number of fused-ring (bicyclic) bond motifs is 6. The van der Waals surface area contributed by atoms with Gasteiger partial charge < -0.3 is 24.8 Å². The van der Waals surface area contributed by atoms with Crippen molar-refractivity contribution in [3.63, 3.8) is 0 Å². The van der Waals surface area contributed by atoms with E-state index in [1.165, 1.54) is 89.0 Å². The van der Waals surface area contributed by atoms with Gasteiger partial charge in [-0.2, -0.15) is 24.3 Å². The van der Waals surface area contributed by atoms with Crippen LogP contribution in [-0.2, 0) is 71.5 Å². The second-order valence-corrected chi connectivity index (χ2v) is 22.7. The van der Waals surface area contributed by atoms with Crippen LogP contribution in [0.4, 0.5) is 0 Å². The Balaban J connectivity index is 0.000000256. The average Bonchev–Trinajstić information content (AvgIpc) is 3.94. The first kappa shape index (κ1) is 50.7. The molecule has 0 bridgehead atoms. The molecule has 2 aliphatic rings. The number of hydrogen-bond donors (Lipinski definition) is 0. The largest absolute Gasteiger partial charge is 4.00 e. The third kappa shape index (κ3) is 9.48. The van der Waals surface area contributed by atoms with Crippen molar-refractivity contribution in [2.24, 2.45) is 0 Å². The van der Waals surface area contributed by atoms with Crippen LogP contribution < -0.4 is 24.8 Å². The second kappa shape index (κ2) is 17.5. The van der Waals surface area contributed by atoms with Gasteiger partial charge in [0, 0.05) is 0 Å². The van der Waals surface area contributed by atoms with E-state index in [9.17, 15) is 0 Å². The number of halogens is 2. The van der Waals surface area contributed by atoms with Crippen molar-refractivity contribution in [2.75, 3.05) is 0 Å². The molecule has 8 rings (SSSR count). The molecular weight excluding hydrogens is 859 g/mol. The molecule has 61 heavy (non-hydrogen) atoms. The van der Waals surface area contributed by atoms with Gasteiger partial charge in [0.1, 0.15) is 0 Å². The monoisotopic (exact) mass is 926 g/mol. The molecule has 320 valence electrons. The Morgan fingerprint density at radius 2 is 0.672 bits per heavy atom. The van der Waals surface area contributed by atoms with E-state index in [4.69, 9.17) is 0 Å². The first-order valence-corrected chi connectivity index (χ1v) is 21.9. The molecule has 0 fully saturated rings. The van der Waals surface area contributed by atoms with Crippen molar-refractivity contribution in [3.05, 3.63) is 176 Å². The van der Waals surface area contributed by atoms with Crippen LogP contribution in [-0.4, -0.2) is 0 Å². The summed E-state index contributed by atoms with van der Waals surface area (Å²) in [4.78, 5) is 0. The number of benzene rings is 4. The van der Waals surface area contributed by atoms with Crippen LogP contribution in [0.25, 0.3) is 22.3 Å². The summed E-state index contributed by atoms with van der Waals surface area (Å²) >= 11 is 0. The summed E-state index contributed by atoms with van der Waals surface area (Å²) in [5.74, 6) is 0. The Morgan fingerprint density at radius 3 is 0.951 bits per heavy atom. The van der Waals surface area contributed by atoms with Crippen LogP contribution >= 0.6 is 0 Å². The number of rotatable bonds is 4. The fourth-order valence-corrected chi connectivity index (χ4v) is 10.0. The summed E-state index contributed by atoms with van der Waals surface area (Å²) < 4.78 is 0. The average molecular weight is 929 g/mol. The third-order valence-electron chi connectivity index (χ3n) is 13.5. The van der Waals surface area contributed by atoms with E-state index in [-0.39, 0.29) is 83.5 Å². The minimum Gasteiger partial charge on any atom is -1.00 e. The Labute approximate surface area is 402 Å². The zero-order valence-corrected chi connectivity index (χ0v) is 44.0. The molecule has 3 heteroatoms. The molecule has 0 nitrogen and oxygen atoms in total. The van der Waals surface area contributed by atoms with Gasteiger partial charge in [-0.1, -0.05) is 171 Å². The Hall–Kier alpha value is -2.96. The van der Waals surface area contributed by atoms with Crippen LogP contribution in [0.2, 0.25) is 0 Å². The van der Waals surface area contributed by atoms with Crippen molar-refractivity contribution in [2.45, 2.75) is 156 Å². The molecule has 0 N–H and O–H groups in total. The molecule has 0 atom stereocenters. The molecule has 0 aliphatic heterocycles. The summed E-state index contributed by atoms with van der Waals surface area (Å²) in [6.45, 7) is 37.5. The van der Waals surface area contributed by atoms with E-state index in [1.807, 2.05) is 0 Å². The van der Waals surface area contributed by atoms with Crippen LogP contribution in [0.3, 0.4) is 0 Å². The first-order chi connectivity index (χ1) is 26.8. The molecule has 0 aromatic heterocycles. The first-order valence-electron chi connectivity index (χ1n) is 21.9. The summed E-state index contributed by atoms with van der Waals surface area (Å²) in [6.07, 6.45) is 2.08. The van der Waals surface area contributed by atoms with Gasteiger partial charge in [0.2, 0.25) is 0 Å². The normalized spacial score (nSPS) is 13.4. The molecule has 0 saturated carbocycles. The quantitative estimate of drug-likeness (QED) is 0.154. The standard InChI is InChI=1S/2C29H35.2ClH.Zr/c2*1-27(2,3)21-13-14-22-19(17-21)18-24-23(22)15-16-25(28(4,5)6)26(24)29(7,8)20-11-9-10-12-20;;;/h2*9-17H,18H2,1-8H3;2*1H;/q2*-1;;;+4/p-2. The van der Waals surface area contributed by atoms with Gasteiger partial charge in [-0.15, -0.1) is 11.1 Å². The van der Waals surface area contributed by atoms with Gasteiger partial charge in [-0.3, -0.25) is 0 Å². The van der Waals surface area contributed by atoms with E-state index in [2.05, 4.69) is 220 Å². The Bertz CT molecular complexity index is 2280. The van der Waals surface area contributed by atoms with E-state index in [1.54, 1.807) is 0 Å². The molecule has 0 amide bonds. The SMILES string of the molecule is CC(C)(C)c1ccc2c(c1)Cc1c-2ccc(C(C)(C)C)c1C(C)(C)[c-]1cccc1.CC(C)(C)c1ccc2c(c1)Cc1c-2ccc(C(C)(C)C)c1C(C)(C)[c-]1cccc1.[Cl-].[Cl-].[Zr+4]. The predicted molar refractivity (Wildman–Crippen MR) is 252 cm³/mol. The third-order valence-corrected chi connectivity index (χ3v) is 13.5. The van der Waals surface area contributed by atoms with E-state index in [0.29, 0.717) is 0 Å². The van der Waals surface area contributed by atoms with Gasteiger partial charge in [-0.25, -0.2) is 24.3 Å². The van der Waals surface area contributed by atoms with E-state index < -0.39 is 0 Å². The molecule has 0 radical (unpaired) electrons. The minimum absolute atomic E-state index is 0. The van der Waals surface area contributed by atoms with Crippen LogP contribution in [0.5, 0.6) is 0 Å². The smallest absolute Gasteiger partial charge is 1.00 e. The topological polar surface area (TPSA) is 0 Å². The second-order valence-electron chi connectivity index (χ2n) is 22.7. The van der Waals surface area contributed by atoms with Crippen LogP contribution in [0.15, 0.2) is 109 Å². The molecule has 0 unspecified atom stereocenters. The van der Waals surface area contributed by atoms with Gasteiger partial charge in [0.25, 0.3) is 0 Å². The van der Waals surface area contributed by atoms with Crippen LogP contribution in [0, 0.1) is 0 Å². The summed E-state index contributed by atoms with van der Waals surface area (Å²) in [6, 6.07) is 41.6. The minimum atomic E-state index is -0.0215. The van der Waals surface area contributed by atoms with Gasteiger partial charge in [-0.05, 0) is 123 Å².